The predicted molar refractivity (Wildman–Crippen MR) is 73.4 cm³/mol. The molecule has 0 bridgehead atoms. The molecule has 1 aliphatic rings. The third-order valence-corrected chi connectivity index (χ3v) is 3.27. The van der Waals surface area contributed by atoms with Crippen molar-refractivity contribution in [2.45, 2.75) is 33.1 Å². The Labute approximate surface area is 107 Å². The number of nitrogens with one attached hydrogen (secondary N) is 1. The van der Waals surface area contributed by atoms with Gasteiger partial charge < -0.3 is 15.0 Å². The lowest BCUT2D eigenvalue weighted by Crippen LogP contribution is -2.33. The average Bonchev–Trinajstić information content (AvgIpc) is 2.29. The Morgan fingerprint density at radius 3 is 2.88 bits per heavy atom. The smallest absolute Gasteiger partial charge is 0.0506 e. The van der Waals surface area contributed by atoms with Crippen molar-refractivity contribution in [1.29, 1.82) is 0 Å². The van der Waals surface area contributed by atoms with Crippen LogP contribution >= 0.6 is 0 Å². The van der Waals surface area contributed by atoms with Crippen molar-refractivity contribution in [2.24, 2.45) is 11.8 Å². The van der Waals surface area contributed by atoms with Gasteiger partial charge in [0.15, 0.2) is 0 Å². The summed E-state index contributed by atoms with van der Waals surface area (Å²) in [5, 5.41) is 3.49. The normalized spacial score (nSPS) is 21.4. The van der Waals surface area contributed by atoms with Crippen molar-refractivity contribution in [3.8, 4) is 0 Å². The Hall–Kier alpha value is -0.120. The largest absolute Gasteiger partial charge is 0.381 e. The molecule has 0 aromatic rings. The third kappa shape index (κ3) is 7.74. The van der Waals surface area contributed by atoms with Crippen LogP contribution in [-0.2, 0) is 4.74 Å². The van der Waals surface area contributed by atoms with Gasteiger partial charge in [0.25, 0.3) is 0 Å². The molecule has 1 N–H and O–H groups in total. The lowest BCUT2D eigenvalue weighted by Gasteiger charge is -2.27. The standard InChI is InChI=1S/C14H30N2O/c1-13(2)10-15-7-5-8-16(3)11-14-6-4-9-17-12-14/h13-15H,4-12H2,1-3H3. The minimum atomic E-state index is 0.757. The first-order chi connectivity index (χ1) is 8.18. The average molecular weight is 242 g/mol. The van der Waals surface area contributed by atoms with E-state index in [1.54, 1.807) is 0 Å². The summed E-state index contributed by atoms with van der Waals surface area (Å²) < 4.78 is 5.51. The molecule has 1 rings (SSSR count). The second-order valence-electron chi connectivity index (χ2n) is 5.80. The van der Waals surface area contributed by atoms with Crippen LogP contribution in [0.25, 0.3) is 0 Å². The van der Waals surface area contributed by atoms with Gasteiger partial charge in [-0.2, -0.15) is 0 Å². The molecule has 0 aromatic heterocycles. The van der Waals surface area contributed by atoms with Gasteiger partial charge >= 0.3 is 0 Å². The lowest BCUT2D eigenvalue weighted by molar-refractivity contribution is 0.0420. The maximum absolute atomic E-state index is 5.51. The maximum atomic E-state index is 5.51. The number of ether oxygens (including phenoxy) is 1. The van der Waals surface area contributed by atoms with Crippen LogP contribution in [0, 0.1) is 11.8 Å². The number of hydrogen-bond acceptors (Lipinski definition) is 3. The third-order valence-electron chi connectivity index (χ3n) is 3.27. The van der Waals surface area contributed by atoms with Crippen LogP contribution in [0.2, 0.25) is 0 Å². The molecule has 1 fully saturated rings. The molecule has 1 atom stereocenters. The van der Waals surface area contributed by atoms with Crippen molar-refractivity contribution in [3.63, 3.8) is 0 Å². The first-order valence-corrected chi connectivity index (χ1v) is 7.15. The zero-order valence-electron chi connectivity index (χ0n) is 11.9. The molecule has 0 spiro atoms. The first-order valence-electron chi connectivity index (χ1n) is 7.15. The predicted octanol–water partition coefficient (Wildman–Crippen LogP) is 1.98. The molecule has 0 radical (unpaired) electrons. The molecule has 17 heavy (non-hydrogen) atoms. The SMILES string of the molecule is CC(C)CNCCCN(C)CC1CCCOC1. The summed E-state index contributed by atoms with van der Waals surface area (Å²) in [6.07, 6.45) is 3.83. The van der Waals surface area contributed by atoms with Crippen LogP contribution in [-0.4, -0.2) is 51.3 Å². The van der Waals surface area contributed by atoms with Gasteiger partial charge in [0.1, 0.15) is 0 Å². The molecule has 0 aliphatic carbocycles. The summed E-state index contributed by atoms with van der Waals surface area (Å²) in [5.74, 6) is 1.52. The fourth-order valence-electron chi connectivity index (χ4n) is 2.35. The van der Waals surface area contributed by atoms with Crippen LogP contribution < -0.4 is 5.32 Å². The number of rotatable bonds is 8. The second-order valence-corrected chi connectivity index (χ2v) is 5.80. The summed E-state index contributed by atoms with van der Waals surface area (Å²) in [6.45, 7) is 11.1. The number of nitrogens with zero attached hydrogens (tertiary/aromatic N) is 1. The lowest BCUT2D eigenvalue weighted by atomic mass is 10.0. The molecule has 1 heterocycles. The molecular formula is C14H30N2O. The van der Waals surface area contributed by atoms with Gasteiger partial charge in [0.2, 0.25) is 0 Å². The topological polar surface area (TPSA) is 24.5 Å². The Morgan fingerprint density at radius 2 is 2.24 bits per heavy atom. The Kier molecular flexibility index (Phi) is 7.82. The number of hydrogen-bond donors (Lipinski definition) is 1. The van der Waals surface area contributed by atoms with Crippen LogP contribution in [0.5, 0.6) is 0 Å². The van der Waals surface area contributed by atoms with E-state index in [1.807, 2.05) is 0 Å². The second kappa shape index (κ2) is 8.90. The highest BCUT2D eigenvalue weighted by Gasteiger charge is 2.15. The van der Waals surface area contributed by atoms with Crippen molar-refractivity contribution in [3.05, 3.63) is 0 Å². The highest BCUT2D eigenvalue weighted by molar-refractivity contribution is 4.67. The monoisotopic (exact) mass is 242 g/mol. The van der Waals surface area contributed by atoms with Crippen molar-refractivity contribution in [2.75, 3.05) is 46.4 Å². The van der Waals surface area contributed by atoms with E-state index in [0.29, 0.717) is 0 Å². The van der Waals surface area contributed by atoms with Crippen molar-refractivity contribution >= 4 is 0 Å². The molecule has 102 valence electrons. The van der Waals surface area contributed by atoms with Crippen LogP contribution in [0.15, 0.2) is 0 Å². The van der Waals surface area contributed by atoms with E-state index in [2.05, 4.69) is 31.1 Å². The molecule has 3 nitrogen and oxygen atoms in total. The zero-order valence-corrected chi connectivity index (χ0v) is 11.9. The summed E-state index contributed by atoms with van der Waals surface area (Å²) in [6, 6.07) is 0. The van der Waals surface area contributed by atoms with Gasteiger partial charge in [-0.25, -0.2) is 0 Å². The quantitative estimate of drug-likeness (QED) is 0.659. The van der Waals surface area contributed by atoms with Gasteiger partial charge in [-0.05, 0) is 57.8 Å². The van der Waals surface area contributed by atoms with E-state index >= 15 is 0 Å². The van der Waals surface area contributed by atoms with E-state index in [4.69, 9.17) is 4.74 Å². The van der Waals surface area contributed by atoms with Gasteiger partial charge in [-0.1, -0.05) is 13.8 Å². The Bertz CT molecular complexity index is 179. The van der Waals surface area contributed by atoms with Gasteiger partial charge in [0.05, 0.1) is 6.61 Å². The highest BCUT2D eigenvalue weighted by atomic mass is 16.5. The summed E-state index contributed by atoms with van der Waals surface area (Å²) in [7, 11) is 2.23. The summed E-state index contributed by atoms with van der Waals surface area (Å²) in [4.78, 5) is 2.45. The van der Waals surface area contributed by atoms with Gasteiger partial charge in [0, 0.05) is 13.2 Å². The summed E-state index contributed by atoms with van der Waals surface area (Å²) in [5.41, 5.74) is 0. The highest BCUT2D eigenvalue weighted by Crippen LogP contribution is 2.14. The summed E-state index contributed by atoms with van der Waals surface area (Å²) >= 11 is 0. The minimum Gasteiger partial charge on any atom is -0.381 e. The fourth-order valence-corrected chi connectivity index (χ4v) is 2.35. The molecular weight excluding hydrogens is 212 g/mol. The molecule has 0 aromatic carbocycles. The van der Waals surface area contributed by atoms with E-state index in [9.17, 15) is 0 Å². The fraction of sp³-hybridized carbons (Fsp3) is 1.00. The zero-order chi connectivity index (χ0) is 12.5. The van der Waals surface area contributed by atoms with E-state index in [-0.39, 0.29) is 0 Å². The van der Waals surface area contributed by atoms with E-state index in [0.717, 1.165) is 38.1 Å². The van der Waals surface area contributed by atoms with E-state index < -0.39 is 0 Å². The van der Waals surface area contributed by atoms with Crippen LogP contribution in [0.3, 0.4) is 0 Å². The molecule has 1 saturated heterocycles. The first kappa shape index (κ1) is 14.9. The Morgan fingerprint density at radius 1 is 1.41 bits per heavy atom. The van der Waals surface area contributed by atoms with Crippen LogP contribution in [0.1, 0.15) is 33.1 Å². The van der Waals surface area contributed by atoms with Gasteiger partial charge in [-0.15, -0.1) is 0 Å². The van der Waals surface area contributed by atoms with Crippen LogP contribution in [0.4, 0.5) is 0 Å². The molecule has 0 amide bonds. The maximum Gasteiger partial charge on any atom is 0.0506 e. The molecule has 1 unspecified atom stereocenters. The van der Waals surface area contributed by atoms with Crippen molar-refractivity contribution < 1.29 is 4.74 Å². The minimum absolute atomic E-state index is 0.757. The van der Waals surface area contributed by atoms with E-state index in [1.165, 1.54) is 32.4 Å². The van der Waals surface area contributed by atoms with Crippen molar-refractivity contribution in [1.82, 2.24) is 10.2 Å². The molecule has 1 aliphatic heterocycles. The molecule has 3 heteroatoms. The Balaban J connectivity index is 1.95. The molecule has 0 saturated carbocycles. The van der Waals surface area contributed by atoms with Gasteiger partial charge in [-0.3, -0.25) is 0 Å².